The van der Waals surface area contributed by atoms with E-state index in [9.17, 15) is 0 Å². The van der Waals surface area contributed by atoms with Crippen LogP contribution in [0.1, 0.15) is 33.4 Å². The molecule has 1 heterocycles. The van der Waals surface area contributed by atoms with Crippen molar-refractivity contribution in [1.82, 2.24) is 9.78 Å². The van der Waals surface area contributed by atoms with Gasteiger partial charge in [-0.3, -0.25) is 4.68 Å². The van der Waals surface area contributed by atoms with E-state index in [0.29, 0.717) is 12.0 Å². The first kappa shape index (κ1) is 11.1. The number of nitrogens with zero attached hydrogens (tertiary/aromatic N) is 2. The molecule has 1 aromatic rings. The Morgan fingerprint density at radius 3 is 2.50 bits per heavy atom. The van der Waals surface area contributed by atoms with Crippen molar-refractivity contribution in [3.63, 3.8) is 0 Å². The van der Waals surface area contributed by atoms with Gasteiger partial charge in [-0.2, -0.15) is 5.10 Å². The standard InChI is InChI=1S/C11H21N3/c1-8(2)7-14-10(5)11(6-12-14)13-9(3)4/h6,8-9,13H,7H2,1-5H3. The second-order valence-electron chi connectivity index (χ2n) is 4.52. The van der Waals surface area contributed by atoms with E-state index in [-0.39, 0.29) is 0 Å². The molecule has 1 aromatic heterocycles. The van der Waals surface area contributed by atoms with Crippen molar-refractivity contribution in [1.29, 1.82) is 0 Å². The van der Waals surface area contributed by atoms with Crippen molar-refractivity contribution in [2.75, 3.05) is 5.32 Å². The van der Waals surface area contributed by atoms with E-state index < -0.39 is 0 Å². The molecule has 0 saturated carbocycles. The highest BCUT2D eigenvalue weighted by Gasteiger charge is 2.07. The first-order valence-electron chi connectivity index (χ1n) is 5.29. The number of rotatable bonds is 4. The molecule has 1 rings (SSSR count). The second-order valence-corrected chi connectivity index (χ2v) is 4.52. The number of nitrogens with one attached hydrogen (secondary N) is 1. The van der Waals surface area contributed by atoms with Gasteiger partial charge in [-0.25, -0.2) is 0 Å². The maximum absolute atomic E-state index is 4.36. The SMILES string of the molecule is Cc1c(NC(C)C)cnn1CC(C)C. The van der Waals surface area contributed by atoms with Gasteiger partial charge in [0.05, 0.1) is 17.6 Å². The van der Waals surface area contributed by atoms with Crippen LogP contribution in [-0.4, -0.2) is 15.8 Å². The molecule has 0 aliphatic carbocycles. The Balaban J connectivity index is 2.75. The minimum Gasteiger partial charge on any atom is -0.380 e. The van der Waals surface area contributed by atoms with Crippen molar-refractivity contribution in [3.05, 3.63) is 11.9 Å². The molecule has 0 spiro atoms. The molecule has 1 N–H and O–H groups in total. The lowest BCUT2D eigenvalue weighted by Gasteiger charge is -2.10. The van der Waals surface area contributed by atoms with Gasteiger partial charge in [-0.05, 0) is 26.7 Å². The van der Waals surface area contributed by atoms with Crippen LogP contribution in [0, 0.1) is 12.8 Å². The molecule has 0 radical (unpaired) electrons. The van der Waals surface area contributed by atoms with E-state index in [0.717, 1.165) is 12.2 Å². The van der Waals surface area contributed by atoms with Gasteiger partial charge in [0.15, 0.2) is 0 Å². The Hall–Kier alpha value is -0.990. The summed E-state index contributed by atoms with van der Waals surface area (Å²) in [5, 5.41) is 7.75. The molecule has 3 nitrogen and oxygen atoms in total. The summed E-state index contributed by atoms with van der Waals surface area (Å²) in [6.07, 6.45) is 1.91. The molecular formula is C11H21N3. The van der Waals surface area contributed by atoms with Gasteiger partial charge in [0.1, 0.15) is 0 Å². The third-order valence-electron chi connectivity index (χ3n) is 2.09. The highest BCUT2D eigenvalue weighted by molar-refractivity contribution is 5.46. The van der Waals surface area contributed by atoms with Crippen LogP contribution in [-0.2, 0) is 6.54 Å². The Morgan fingerprint density at radius 2 is 2.00 bits per heavy atom. The first-order chi connectivity index (χ1) is 6.50. The molecule has 0 atom stereocenters. The molecule has 0 aromatic carbocycles. The lowest BCUT2D eigenvalue weighted by atomic mass is 10.2. The van der Waals surface area contributed by atoms with Gasteiger partial charge >= 0.3 is 0 Å². The molecule has 0 amide bonds. The van der Waals surface area contributed by atoms with E-state index in [1.807, 2.05) is 6.20 Å². The monoisotopic (exact) mass is 195 g/mol. The highest BCUT2D eigenvalue weighted by atomic mass is 15.3. The molecule has 0 aliphatic heterocycles. The predicted molar refractivity (Wildman–Crippen MR) is 60.6 cm³/mol. The lowest BCUT2D eigenvalue weighted by molar-refractivity contribution is 0.475. The molecule has 0 aliphatic rings. The van der Waals surface area contributed by atoms with E-state index in [1.165, 1.54) is 5.69 Å². The summed E-state index contributed by atoms with van der Waals surface area (Å²) in [5.41, 5.74) is 2.38. The molecule has 0 fully saturated rings. The fourth-order valence-electron chi connectivity index (χ4n) is 1.43. The van der Waals surface area contributed by atoms with Crippen LogP contribution in [0.2, 0.25) is 0 Å². The van der Waals surface area contributed by atoms with Crippen molar-refractivity contribution >= 4 is 5.69 Å². The molecule has 14 heavy (non-hydrogen) atoms. The zero-order chi connectivity index (χ0) is 10.7. The first-order valence-corrected chi connectivity index (χ1v) is 5.29. The van der Waals surface area contributed by atoms with Gasteiger partial charge in [0, 0.05) is 12.6 Å². The topological polar surface area (TPSA) is 29.9 Å². The average molecular weight is 195 g/mol. The smallest absolute Gasteiger partial charge is 0.0758 e. The lowest BCUT2D eigenvalue weighted by Crippen LogP contribution is -2.11. The second kappa shape index (κ2) is 4.49. The van der Waals surface area contributed by atoms with Gasteiger partial charge in [-0.1, -0.05) is 13.8 Å². The average Bonchev–Trinajstić information content (AvgIpc) is 2.34. The summed E-state index contributed by atoms with van der Waals surface area (Å²) >= 11 is 0. The van der Waals surface area contributed by atoms with E-state index in [1.54, 1.807) is 0 Å². The predicted octanol–water partition coefficient (Wildman–Crippen LogP) is 2.67. The molecule has 80 valence electrons. The maximum atomic E-state index is 4.36. The van der Waals surface area contributed by atoms with Crippen LogP contribution in [0.5, 0.6) is 0 Å². The number of hydrogen-bond donors (Lipinski definition) is 1. The van der Waals surface area contributed by atoms with Crippen LogP contribution in [0.3, 0.4) is 0 Å². The summed E-state index contributed by atoms with van der Waals surface area (Å²) in [7, 11) is 0. The Kier molecular flexibility index (Phi) is 3.55. The van der Waals surface area contributed by atoms with Gasteiger partial charge in [0.25, 0.3) is 0 Å². The largest absolute Gasteiger partial charge is 0.380 e. The fourth-order valence-corrected chi connectivity index (χ4v) is 1.43. The number of hydrogen-bond acceptors (Lipinski definition) is 2. The third-order valence-corrected chi connectivity index (χ3v) is 2.09. The summed E-state index contributed by atoms with van der Waals surface area (Å²) in [6, 6.07) is 0.463. The van der Waals surface area contributed by atoms with E-state index in [4.69, 9.17) is 0 Å². The summed E-state index contributed by atoms with van der Waals surface area (Å²) in [4.78, 5) is 0. The molecule has 0 saturated heterocycles. The van der Waals surface area contributed by atoms with Crippen LogP contribution in [0.25, 0.3) is 0 Å². The zero-order valence-corrected chi connectivity index (χ0v) is 9.83. The van der Waals surface area contributed by atoms with E-state index in [2.05, 4.69) is 49.7 Å². The van der Waals surface area contributed by atoms with Crippen molar-refractivity contribution in [2.24, 2.45) is 5.92 Å². The summed E-state index contributed by atoms with van der Waals surface area (Å²) < 4.78 is 2.06. The van der Waals surface area contributed by atoms with Crippen LogP contribution in [0.4, 0.5) is 5.69 Å². The van der Waals surface area contributed by atoms with Gasteiger partial charge in [-0.15, -0.1) is 0 Å². The Labute approximate surface area is 86.5 Å². The van der Waals surface area contributed by atoms with E-state index >= 15 is 0 Å². The number of aromatic nitrogens is 2. The minimum absolute atomic E-state index is 0.463. The summed E-state index contributed by atoms with van der Waals surface area (Å²) in [5.74, 6) is 0.639. The van der Waals surface area contributed by atoms with Gasteiger partial charge < -0.3 is 5.32 Å². The highest BCUT2D eigenvalue weighted by Crippen LogP contribution is 2.15. The van der Waals surface area contributed by atoms with Crippen LogP contribution >= 0.6 is 0 Å². The Bertz CT molecular complexity index is 259. The Morgan fingerprint density at radius 1 is 1.36 bits per heavy atom. The molecule has 3 heteroatoms. The molecule has 0 bridgehead atoms. The van der Waals surface area contributed by atoms with Crippen molar-refractivity contribution in [3.8, 4) is 0 Å². The summed E-state index contributed by atoms with van der Waals surface area (Å²) in [6.45, 7) is 11.8. The van der Waals surface area contributed by atoms with Crippen LogP contribution in [0.15, 0.2) is 6.20 Å². The minimum atomic E-state index is 0.463. The van der Waals surface area contributed by atoms with Crippen molar-refractivity contribution < 1.29 is 0 Å². The van der Waals surface area contributed by atoms with Gasteiger partial charge in [0.2, 0.25) is 0 Å². The fraction of sp³-hybridized carbons (Fsp3) is 0.727. The molecule has 0 unspecified atom stereocenters. The normalized spacial score (nSPS) is 11.4. The van der Waals surface area contributed by atoms with Crippen LogP contribution < -0.4 is 5.32 Å². The molecular weight excluding hydrogens is 174 g/mol. The maximum Gasteiger partial charge on any atom is 0.0758 e. The zero-order valence-electron chi connectivity index (χ0n) is 9.83. The third kappa shape index (κ3) is 2.76. The van der Waals surface area contributed by atoms with Crippen molar-refractivity contribution in [2.45, 2.75) is 47.2 Å². The number of anilines is 1. The quantitative estimate of drug-likeness (QED) is 0.800.